The van der Waals surface area contributed by atoms with Gasteiger partial charge in [-0.1, -0.05) is 0 Å². The Morgan fingerprint density at radius 2 is 2.05 bits per heavy atom. The number of hydrogen-bond donors (Lipinski definition) is 2. The van der Waals surface area contributed by atoms with E-state index in [2.05, 4.69) is 10.6 Å². The smallest absolute Gasteiger partial charge is 0.242 e. The van der Waals surface area contributed by atoms with Crippen molar-refractivity contribution in [2.45, 2.75) is 31.9 Å². The van der Waals surface area contributed by atoms with Crippen LogP contribution in [0.4, 0.5) is 0 Å². The highest BCUT2D eigenvalue weighted by atomic mass is 32.2. The van der Waals surface area contributed by atoms with Gasteiger partial charge in [-0.2, -0.15) is 0 Å². The quantitative estimate of drug-likeness (QED) is 0.465. The van der Waals surface area contributed by atoms with E-state index in [1.807, 2.05) is 6.92 Å². The summed E-state index contributed by atoms with van der Waals surface area (Å²) in [6.45, 7) is 4.37. The van der Waals surface area contributed by atoms with Crippen molar-refractivity contribution in [3.63, 3.8) is 0 Å². The van der Waals surface area contributed by atoms with Gasteiger partial charge in [0.1, 0.15) is 0 Å². The van der Waals surface area contributed by atoms with Crippen LogP contribution in [0, 0.1) is 0 Å². The van der Waals surface area contributed by atoms with E-state index in [0.29, 0.717) is 18.8 Å². The zero-order valence-electron chi connectivity index (χ0n) is 12.3. The monoisotopic (exact) mass is 315 g/mol. The van der Waals surface area contributed by atoms with Crippen molar-refractivity contribution in [1.29, 1.82) is 0 Å². The molecule has 0 aromatic carbocycles. The molecule has 8 heteroatoms. The Hall–Kier alpha value is -1.57. The summed E-state index contributed by atoms with van der Waals surface area (Å²) in [7, 11) is 0. The average Bonchev–Trinajstić information content (AvgIpc) is 2.68. The van der Waals surface area contributed by atoms with Crippen LogP contribution in [0.1, 0.15) is 26.7 Å². The van der Waals surface area contributed by atoms with E-state index in [-0.39, 0.29) is 43.0 Å². The van der Waals surface area contributed by atoms with E-state index in [0.717, 1.165) is 4.90 Å². The van der Waals surface area contributed by atoms with Crippen molar-refractivity contribution in [3.05, 3.63) is 0 Å². The number of rotatable bonds is 8. The summed E-state index contributed by atoms with van der Waals surface area (Å²) < 4.78 is 0. The van der Waals surface area contributed by atoms with E-state index in [1.165, 1.54) is 18.7 Å². The van der Waals surface area contributed by atoms with Crippen molar-refractivity contribution >= 4 is 35.4 Å². The topological polar surface area (TPSA) is 95.6 Å². The molecule has 0 aliphatic carbocycles. The van der Waals surface area contributed by atoms with Crippen molar-refractivity contribution < 1.29 is 19.2 Å². The second-order valence-corrected chi connectivity index (χ2v) is 5.94. The van der Waals surface area contributed by atoms with Crippen LogP contribution in [0.3, 0.4) is 0 Å². The lowest BCUT2D eigenvalue weighted by atomic mass is 10.3. The molecule has 0 bridgehead atoms. The number of likely N-dealkylation sites (tertiary alicyclic amines) is 1. The van der Waals surface area contributed by atoms with E-state index in [1.54, 1.807) is 0 Å². The second kappa shape index (κ2) is 8.66. The molecule has 1 rings (SSSR count). The van der Waals surface area contributed by atoms with E-state index in [4.69, 9.17) is 0 Å². The summed E-state index contributed by atoms with van der Waals surface area (Å²) in [5, 5.41) is 4.87. The standard InChI is InChI=1S/C13H21N3O4S/c1-3-14-11(18)4-6-16-12(19)8-10(13(16)20)21-7-5-15-9(2)17/h10H,3-8H2,1-2H3,(H,14,18)(H,15,17). The molecule has 1 aliphatic heterocycles. The first-order chi connectivity index (χ1) is 9.95. The van der Waals surface area contributed by atoms with Gasteiger partial charge in [-0.25, -0.2) is 0 Å². The number of hydrogen-bond acceptors (Lipinski definition) is 5. The van der Waals surface area contributed by atoms with Crippen molar-refractivity contribution in [2.75, 3.05) is 25.4 Å². The molecule has 0 aromatic rings. The Labute approximate surface area is 128 Å². The Bertz CT molecular complexity index is 428. The van der Waals surface area contributed by atoms with Gasteiger partial charge in [0.25, 0.3) is 0 Å². The Kier molecular flexibility index (Phi) is 7.21. The molecule has 1 heterocycles. The first-order valence-electron chi connectivity index (χ1n) is 6.92. The molecule has 1 fully saturated rings. The Balaban J connectivity index is 2.36. The molecule has 7 nitrogen and oxygen atoms in total. The third-order valence-electron chi connectivity index (χ3n) is 2.93. The van der Waals surface area contributed by atoms with Crippen LogP contribution in [-0.4, -0.2) is 59.2 Å². The highest BCUT2D eigenvalue weighted by Crippen LogP contribution is 2.24. The lowest BCUT2D eigenvalue weighted by Crippen LogP contribution is -2.35. The first kappa shape index (κ1) is 17.5. The van der Waals surface area contributed by atoms with E-state index in [9.17, 15) is 19.2 Å². The van der Waals surface area contributed by atoms with Gasteiger partial charge >= 0.3 is 0 Å². The summed E-state index contributed by atoms with van der Waals surface area (Å²) >= 11 is 1.36. The summed E-state index contributed by atoms with van der Waals surface area (Å²) in [6, 6.07) is 0. The number of nitrogens with one attached hydrogen (secondary N) is 2. The largest absolute Gasteiger partial charge is 0.356 e. The number of thioether (sulfide) groups is 1. The molecule has 1 unspecified atom stereocenters. The Morgan fingerprint density at radius 1 is 1.33 bits per heavy atom. The molecule has 0 aromatic heterocycles. The van der Waals surface area contributed by atoms with Crippen LogP contribution in [-0.2, 0) is 19.2 Å². The van der Waals surface area contributed by atoms with Gasteiger partial charge < -0.3 is 10.6 Å². The minimum atomic E-state index is -0.402. The highest BCUT2D eigenvalue weighted by molar-refractivity contribution is 8.00. The number of imide groups is 1. The van der Waals surface area contributed by atoms with Gasteiger partial charge in [-0.15, -0.1) is 11.8 Å². The number of nitrogens with zero attached hydrogens (tertiary/aromatic N) is 1. The summed E-state index contributed by atoms with van der Waals surface area (Å²) in [5.74, 6) is -0.181. The van der Waals surface area contributed by atoms with Crippen LogP contribution >= 0.6 is 11.8 Å². The molecule has 118 valence electrons. The highest BCUT2D eigenvalue weighted by Gasteiger charge is 2.38. The number of carbonyl (C=O) groups excluding carboxylic acids is 4. The average molecular weight is 315 g/mol. The van der Waals surface area contributed by atoms with Crippen LogP contribution in [0.2, 0.25) is 0 Å². The maximum atomic E-state index is 12.1. The molecular formula is C13H21N3O4S. The fourth-order valence-electron chi connectivity index (χ4n) is 1.95. The predicted octanol–water partition coefficient (Wildman–Crippen LogP) is -0.491. The molecule has 1 atom stereocenters. The molecule has 0 spiro atoms. The lowest BCUT2D eigenvalue weighted by molar-refractivity contribution is -0.138. The van der Waals surface area contributed by atoms with Crippen LogP contribution in [0.5, 0.6) is 0 Å². The van der Waals surface area contributed by atoms with Gasteiger partial charge in [0.05, 0.1) is 5.25 Å². The molecule has 1 saturated heterocycles. The van der Waals surface area contributed by atoms with Crippen LogP contribution < -0.4 is 10.6 Å². The van der Waals surface area contributed by atoms with Gasteiger partial charge in [0.2, 0.25) is 23.6 Å². The second-order valence-electron chi connectivity index (χ2n) is 4.63. The molecule has 4 amide bonds. The van der Waals surface area contributed by atoms with Crippen molar-refractivity contribution in [1.82, 2.24) is 15.5 Å². The summed E-state index contributed by atoms with van der Waals surface area (Å²) in [6.07, 6.45) is 0.299. The lowest BCUT2D eigenvalue weighted by Gasteiger charge is -2.14. The van der Waals surface area contributed by atoms with E-state index < -0.39 is 5.25 Å². The molecule has 2 N–H and O–H groups in total. The van der Waals surface area contributed by atoms with Crippen LogP contribution in [0.25, 0.3) is 0 Å². The molecule has 0 saturated carbocycles. The van der Waals surface area contributed by atoms with Gasteiger partial charge in [0, 0.05) is 45.2 Å². The minimum Gasteiger partial charge on any atom is -0.356 e. The first-order valence-corrected chi connectivity index (χ1v) is 7.97. The molecule has 1 aliphatic rings. The predicted molar refractivity (Wildman–Crippen MR) is 79.6 cm³/mol. The zero-order chi connectivity index (χ0) is 15.8. The number of carbonyl (C=O) groups is 4. The van der Waals surface area contributed by atoms with Gasteiger partial charge in [-0.3, -0.25) is 24.1 Å². The van der Waals surface area contributed by atoms with Crippen molar-refractivity contribution in [2.24, 2.45) is 0 Å². The normalized spacial score (nSPS) is 18.0. The molecular weight excluding hydrogens is 294 g/mol. The van der Waals surface area contributed by atoms with E-state index >= 15 is 0 Å². The number of amides is 4. The Morgan fingerprint density at radius 3 is 2.67 bits per heavy atom. The maximum Gasteiger partial charge on any atom is 0.242 e. The SMILES string of the molecule is CCNC(=O)CCN1C(=O)CC(SCCNC(C)=O)C1=O. The fraction of sp³-hybridized carbons (Fsp3) is 0.692. The maximum absolute atomic E-state index is 12.1. The minimum absolute atomic E-state index is 0.118. The zero-order valence-corrected chi connectivity index (χ0v) is 13.1. The third-order valence-corrected chi connectivity index (χ3v) is 4.14. The van der Waals surface area contributed by atoms with Gasteiger partial charge in [0.15, 0.2) is 0 Å². The molecule has 21 heavy (non-hydrogen) atoms. The van der Waals surface area contributed by atoms with Gasteiger partial charge in [-0.05, 0) is 6.92 Å². The van der Waals surface area contributed by atoms with Crippen LogP contribution in [0.15, 0.2) is 0 Å². The van der Waals surface area contributed by atoms with Crippen molar-refractivity contribution in [3.8, 4) is 0 Å². The fourth-order valence-corrected chi connectivity index (χ4v) is 2.98. The third kappa shape index (κ3) is 5.74. The summed E-state index contributed by atoms with van der Waals surface area (Å²) in [4.78, 5) is 47.1. The summed E-state index contributed by atoms with van der Waals surface area (Å²) in [5.41, 5.74) is 0. The molecule has 0 radical (unpaired) electrons.